The van der Waals surface area contributed by atoms with Crippen LogP contribution in [0.25, 0.3) is 0 Å². The molecule has 3 rings (SSSR count). The van der Waals surface area contributed by atoms with Crippen molar-refractivity contribution in [2.45, 2.75) is 44.4 Å². The molecular formula is C17H28N4O2. The largest absolute Gasteiger partial charge is 0.395 e. The minimum absolute atomic E-state index is 0.0825. The molecule has 2 saturated heterocycles. The molecule has 1 unspecified atom stereocenters. The molecule has 0 saturated carbocycles. The van der Waals surface area contributed by atoms with E-state index in [0.29, 0.717) is 18.4 Å². The summed E-state index contributed by atoms with van der Waals surface area (Å²) in [5.74, 6) is 2.01. The van der Waals surface area contributed by atoms with E-state index in [1.807, 2.05) is 0 Å². The van der Waals surface area contributed by atoms with Crippen molar-refractivity contribution in [2.75, 3.05) is 49.7 Å². The molecule has 0 amide bonds. The summed E-state index contributed by atoms with van der Waals surface area (Å²) in [6.07, 6.45) is 7.44. The Morgan fingerprint density at radius 1 is 1.17 bits per heavy atom. The number of hydrogen-bond acceptors (Lipinski definition) is 6. The highest BCUT2D eigenvalue weighted by Gasteiger charge is 2.22. The van der Waals surface area contributed by atoms with Crippen LogP contribution in [-0.2, 0) is 4.74 Å². The van der Waals surface area contributed by atoms with Gasteiger partial charge in [0.05, 0.1) is 18.9 Å². The lowest BCUT2D eigenvalue weighted by Gasteiger charge is -2.27. The van der Waals surface area contributed by atoms with Crippen LogP contribution in [0.15, 0.2) is 6.07 Å². The second-order valence-corrected chi connectivity index (χ2v) is 6.44. The Kier molecular flexibility index (Phi) is 6.05. The zero-order chi connectivity index (χ0) is 15.9. The minimum Gasteiger partial charge on any atom is -0.395 e. The second-order valence-electron chi connectivity index (χ2n) is 6.44. The highest BCUT2D eigenvalue weighted by Crippen LogP contribution is 2.28. The SMILES string of the molecule is OCCNc1nc(C2CCOC2)cc(N2CCCCCCC2)n1. The molecule has 6 heteroatoms. The Hall–Kier alpha value is -1.40. The molecule has 2 fully saturated rings. The van der Waals surface area contributed by atoms with Gasteiger partial charge in [-0.05, 0) is 19.3 Å². The number of nitrogens with one attached hydrogen (secondary N) is 1. The zero-order valence-electron chi connectivity index (χ0n) is 13.8. The summed E-state index contributed by atoms with van der Waals surface area (Å²) in [4.78, 5) is 11.7. The molecule has 0 aromatic carbocycles. The topological polar surface area (TPSA) is 70.5 Å². The molecule has 3 heterocycles. The molecular weight excluding hydrogens is 292 g/mol. The predicted octanol–water partition coefficient (Wildman–Crippen LogP) is 2.16. The molecule has 2 aliphatic rings. The van der Waals surface area contributed by atoms with Crippen LogP contribution in [0, 0.1) is 0 Å². The number of aromatic nitrogens is 2. The summed E-state index contributed by atoms with van der Waals surface area (Å²) < 4.78 is 5.52. The Morgan fingerprint density at radius 3 is 2.65 bits per heavy atom. The van der Waals surface area contributed by atoms with Crippen molar-refractivity contribution in [3.8, 4) is 0 Å². The van der Waals surface area contributed by atoms with Gasteiger partial charge < -0.3 is 20.1 Å². The highest BCUT2D eigenvalue weighted by atomic mass is 16.5. The lowest BCUT2D eigenvalue weighted by Crippen LogP contribution is -2.28. The van der Waals surface area contributed by atoms with E-state index in [1.165, 1.54) is 32.1 Å². The minimum atomic E-state index is 0.0825. The Morgan fingerprint density at radius 2 is 1.96 bits per heavy atom. The molecule has 2 aliphatic heterocycles. The van der Waals surface area contributed by atoms with Crippen LogP contribution >= 0.6 is 0 Å². The van der Waals surface area contributed by atoms with Crippen molar-refractivity contribution in [3.63, 3.8) is 0 Å². The highest BCUT2D eigenvalue weighted by molar-refractivity contribution is 5.46. The summed E-state index contributed by atoms with van der Waals surface area (Å²) in [6, 6.07) is 2.14. The standard InChI is InChI=1S/C17H28N4O2/c22-10-7-18-17-19-15(14-6-11-23-13-14)12-16(20-17)21-8-4-2-1-3-5-9-21/h12,14,22H,1-11,13H2,(H,18,19,20). The van der Waals surface area contributed by atoms with Gasteiger partial charge >= 0.3 is 0 Å². The Bertz CT molecular complexity index is 483. The number of ether oxygens (including phenoxy) is 1. The second kappa shape index (κ2) is 8.45. The van der Waals surface area contributed by atoms with Gasteiger partial charge in [0.2, 0.25) is 5.95 Å². The fourth-order valence-corrected chi connectivity index (χ4v) is 3.31. The summed E-state index contributed by atoms with van der Waals surface area (Å²) in [5.41, 5.74) is 1.06. The van der Waals surface area contributed by atoms with Crippen LogP contribution < -0.4 is 10.2 Å². The van der Waals surface area contributed by atoms with Crippen molar-refractivity contribution >= 4 is 11.8 Å². The molecule has 6 nitrogen and oxygen atoms in total. The van der Waals surface area contributed by atoms with Crippen molar-refractivity contribution in [1.29, 1.82) is 0 Å². The first-order valence-corrected chi connectivity index (χ1v) is 8.93. The molecule has 2 N–H and O–H groups in total. The third kappa shape index (κ3) is 4.54. The van der Waals surface area contributed by atoms with Gasteiger partial charge in [0, 0.05) is 38.2 Å². The molecule has 0 aliphatic carbocycles. The lowest BCUT2D eigenvalue weighted by atomic mass is 10.0. The predicted molar refractivity (Wildman–Crippen MR) is 91.1 cm³/mol. The number of hydrogen-bond donors (Lipinski definition) is 2. The van der Waals surface area contributed by atoms with Crippen molar-refractivity contribution in [2.24, 2.45) is 0 Å². The van der Waals surface area contributed by atoms with E-state index >= 15 is 0 Å². The van der Waals surface area contributed by atoms with Gasteiger partial charge in [-0.3, -0.25) is 0 Å². The number of anilines is 2. The molecule has 0 spiro atoms. The average molecular weight is 320 g/mol. The smallest absolute Gasteiger partial charge is 0.224 e. The Labute approximate surface area is 138 Å². The molecule has 1 atom stereocenters. The van der Waals surface area contributed by atoms with Crippen molar-refractivity contribution in [3.05, 3.63) is 11.8 Å². The van der Waals surface area contributed by atoms with E-state index in [9.17, 15) is 0 Å². The Balaban J connectivity index is 1.82. The van der Waals surface area contributed by atoms with Gasteiger partial charge in [-0.15, -0.1) is 0 Å². The molecule has 128 valence electrons. The van der Waals surface area contributed by atoms with Gasteiger partial charge in [0.1, 0.15) is 5.82 Å². The summed E-state index contributed by atoms with van der Waals surface area (Å²) in [7, 11) is 0. The maximum Gasteiger partial charge on any atom is 0.224 e. The first kappa shape index (κ1) is 16.5. The lowest BCUT2D eigenvalue weighted by molar-refractivity contribution is 0.193. The molecule has 0 radical (unpaired) electrons. The van der Waals surface area contributed by atoms with Crippen LogP contribution in [-0.4, -0.2) is 54.5 Å². The first-order chi connectivity index (χ1) is 11.4. The van der Waals surface area contributed by atoms with Gasteiger partial charge in [0.25, 0.3) is 0 Å². The first-order valence-electron chi connectivity index (χ1n) is 8.93. The van der Waals surface area contributed by atoms with Crippen LogP contribution in [0.5, 0.6) is 0 Å². The van der Waals surface area contributed by atoms with E-state index < -0.39 is 0 Å². The van der Waals surface area contributed by atoms with Gasteiger partial charge in [-0.1, -0.05) is 19.3 Å². The van der Waals surface area contributed by atoms with Crippen LogP contribution in [0.3, 0.4) is 0 Å². The maximum atomic E-state index is 9.05. The van der Waals surface area contributed by atoms with E-state index in [2.05, 4.69) is 21.3 Å². The van der Waals surface area contributed by atoms with E-state index in [4.69, 9.17) is 14.8 Å². The summed E-state index contributed by atoms with van der Waals surface area (Å²) in [6.45, 7) is 4.25. The summed E-state index contributed by atoms with van der Waals surface area (Å²) in [5, 5.41) is 12.2. The molecule has 1 aromatic heterocycles. The monoisotopic (exact) mass is 320 g/mol. The third-order valence-corrected chi connectivity index (χ3v) is 4.66. The fourth-order valence-electron chi connectivity index (χ4n) is 3.31. The maximum absolute atomic E-state index is 9.05. The van der Waals surface area contributed by atoms with E-state index in [1.54, 1.807) is 0 Å². The van der Waals surface area contributed by atoms with E-state index in [-0.39, 0.29) is 6.61 Å². The normalized spacial score (nSPS) is 22.7. The van der Waals surface area contributed by atoms with Crippen LogP contribution in [0.1, 0.15) is 50.1 Å². The third-order valence-electron chi connectivity index (χ3n) is 4.66. The summed E-state index contributed by atoms with van der Waals surface area (Å²) >= 11 is 0. The van der Waals surface area contributed by atoms with Crippen LogP contribution in [0.4, 0.5) is 11.8 Å². The van der Waals surface area contributed by atoms with Gasteiger partial charge in [0.15, 0.2) is 0 Å². The van der Waals surface area contributed by atoms with Crippen molar-refractivity contribution < 1.29 is 9.84 Å². The zero-order valence-corrected chi connectivity index (χ0v) is 13.8. The molecule has 23 heavy (non-hydrogen) atoms. The van der Waals surface area contributed by atoms with Gasteiger partial charge in [-0.2, -0.15) is 4.98 Å². The number of nitrogens with zero attached hydrogens (tertiary/aromatic N) is 3. The number of aliphatic hydroxyl groups is 1. The van der Waals surface area contributed by atoms with E-state index in [0.717, 1.165) is 44.2 Å². The van der Waals surface area contributed by atoms with Crippen molar-refractivity contribution in [1.82, 2.24) is 9.97 Å². The quantitative estimate of drug-likeness (QED) is 0.866. The number of aliphatic hydroxyl groups excluding tert-OH is 1. The molecule has 1 aromatic rings. The number of rotatable bonds is 5. The average Bonchev–Trinajstić information content (AvgIpc) is 3.07. The molecule has 0 bridgehead atoms. The van der Waals surface area contributed by atoms with Gasteiger partial charge in [-0.25, -0.2) is 4.98 Å². The fraction of sp³-hybridized carbons (Fsp3) is 0.765. The van der Waals surface area contributed by atoms with Crippen LogP contribution in [0.2, 0.25) is 0 Å².